The maximum absolute atomic E-state index is 11.0. The molecule has 0 fully saturated rings. The lowest BCUT2D eigenvalue weighted by atomic mass is 10.0. The molecule has 0 aliphatic carbocycles. The van der Waals surface area contributed by atoms with E-state index < -0.39 is 24.0 Å². The maximum Gasteiger partial charge on any atom is 0.334 e. The van der Waals surface area contributed by atoms with Crippen molar-refractivity contribution in [3.05, 3.63) is 23.8 Å². The van der Waals surface area contributed by atoms with E-state index in [1.165, 1.54) is 25.1 Å². The van der Waals surface area contributed by atoms with Crippen LogP contribution in [0.25, 0.3) is 0 Å². The van der Waals surface area contributed by atoms with Crippen molar-refractivity contribution in [1.29, 1.82) is 0 Å². The molecule has 0 spiro atoms. The van der Waals surface area contributed by atoms with Gasteiger partial charge in [-0.15, -0.1) is 0 Å². The summed E-state index contributed by atoms with van der Waals surface area (Å²) in [7, 11) is 0. The first-order valence-electron chi connectivity index (χ1n) is 5.50. The molecule has 1 amide bonds. The van der Waals surface area contributed by atoms with Gasteiger partial charge < -0.3 is 25.7 Å². The van der Waals surface area contributed by atoms with Gasteiger partial charge in [-0.2, -0.15) is 0 Å². The van der Waals surface area contributed by atoms with Crippen LogP contribution in [0, 0.1) is 0 Å². The van der Waals surface area contributed by atoms with Gasteiger partial charge in [0.15, 0.2) is 17.6 Å². The van der Waals surface area contributed by atoms with Crippen LogP contribution in [0.15, 0.2) is 18.2 Å². The number of carboxylic acid groups (broad SMARTS) is 1. The third kappa shape index (κ3) is 4.14. The van der Waals surface area contributed by atoms with E-state index in [2.05, 4.69) is 5.32 Å². The van der Waals surface area contributed by atoms with Gasteiger partial charge in [-0.1, -0.05) is 6.07 Å². The zero-order valence-electron chi connectivity index (χ0n) is 10.2. The number of phenols is 2. The summed E-state index contributed by atoms with van der Waals surface area (Å²) in [6, 6.07) is 2.90. The highest BCUT2D eigenvalue weighted by Crippen LogP contribution is 2.25. The summed E-state index contributed by atoms with van der Waals surface area (Å²) in [5.41, 5.74) is 0.467. The predicted molar refractivity (Wildman–Crippen MR) is 64.7 cm³/mol. The molecule has 1 rings (SSSR count). The van der Waals surface area contributed by atoms with Gasteiger partial charge in [0, 0.05) is 6.92 Å². The Kier molecular flexibility index (Phi) is 4.71. The van der Waals surface area contributed by atoms with E-state index in [9.17, 15) is 19.8 Å². The molecule has 5 N–H and O–H groups in total. The molecule has 2 unspecified atom stereocenters. The standard InChI is InChI=1S/C12H15NO6/c1-6(14)13-8(11(17)12(18)19)4-7-2-3-9(15)10(16)5-7/h2-3,5,8,11,15-17H,4H2,1H3,(H,13,14)(H,18,19). The molecular formula is C12H15NO6. The first-order valence-corrected chi connectivity index (χ1v) is 5.50. The van der Waals surface area contributed by atoms with Crippen molar-refractivity contribution in [3.63, 3.8) is 0 Å². The van der Waals surface area contributed by atoms with E-state index in [0.29, 0.717) is 5.56 Å². The molecule has 0 aliphatic rings. The van der Waals surface area contributed by atoms with Gasteiger partial charge in [0.2, 0.25) is 5.91 Å². The van der Waals surface area contributed by atoms with E-state index in [1.807, 2.05) is 0 Å². The Balaban J connectivity index is 2.90. The number of carbonyl (C=O) groups excluding carboxylic acids is 1. The molecule has 0 bridgehead atoms. The number of rotatable bonds is 5. The second kappa shape index (κ2) is 6.05. The Morgan fingerprint density at radius 3 is 2.37 bits per heavy atom. The average Bonchev–Trinajstić information content (AvgIpc) is 2.31. The second-order valence-electron chi connectivity index (χ2n) is 4.12. The Hall–Kier alpha value is -2.28. The second-order valence-corrected chi connectivity index (χ2v) is 4.12. The zero-order chi connectivity index (χ0) is 14.6. The molecule has 0 aliphatic heterocycles. The zero-order valence-corrected chi connectivity index (χ0v) is 10.2. The lowest BCUT2D eigenvalue weighted by molar-refractivity contribution is -0.148. The van der Waals surface area contributed by atoms with Crippen molar-refractivity contribution in [2.45, 2.75) is 25.5 Å². The fraction of sp³-hybridized carbons (Fsp3) is 0.333. The smallest absolute Gasteiger partial charge is 0.334 e. The third-order valence-corrected chi connectivity index (χ3v) is 2.52. The molecule has 104 valence electrons. The number of carbonyl (C=O) groups is 2. The highest BCUT2D eigenvalue weighted by atomic mass is 16.4. The fourth-order valence-corrected chi connectivity index (χ4v) is 1.62. The van der Waals surface area contributed by atoms with E-state index in [1.54, 1.807) is 0 Å². The van der Waals surface area contributed by atoms with Crippen LogP contribution in [0.4, 0.5) is 0 Å². The van der Waals surface area contributed by atoms with Crippen molar-refractivity contribution in [2.75, 3.05) is 0 Å². The monoisotopic (exact) mass is 269 g/mol. The van der Waals surface area contributed by atoms with Crippen LogP contribution in [0.1, 0.15) is 12.5 Å². The van der Waals surface area contributed by atoms with Crippen molar-refractivity contribution in [2.24, 2.45) is 0 Å². The largest absolute Gasteiger partial charge is 0.504 e. The van der Waals surface area contributed by atoms with Crippen molar-refractivity contribution in [1.82, 2.24) is 5.32 Å². The Morgan fingerprint density at radius 2 is 1.89 bits per heavy atom. The number of aliphatic carboxylic acids is 1. The Morgan fingerprint density at radius 1 is 1.26 bits per heavy atom. The summed E-state index contributed by atoms with van der Waals surface area (Å²) >= 11 is 0. The van der Waals surface area contributed by atoms with Gasteiger partial charge in [0.25, 0.3) is 0 Å². The first-order chi connectivity index (χ1) is 8.81. The number of nitrogens with one attached hydrogen (secondary N) is 1. The molecule has 0 saturated carbocycles. The first kappa shape index (κ1) is 14.8. The normalized spacial score (nSPS) is 13.6. The summed E-state index contributed by atoms with van der Waals surface area (Å²) < 4.78 is 0. The molecular weight excluding hydrogens is 254 g/mol. The van der Waals surface area contributed by atoms with Crippen LogP contribution in [0.5, 0.6) is 11.5 Å². The number of hydrogen-bond acceptors (Lipinski definition) is 5. The van der Waals surface area contributed by atoms with Gasteiger partial charge in [-0.25, -0.2) is 4.79 Å². The van der Waals surface area contributed by atoms with E-state index in [0.717, 1.165) is 0 Å². The van der Waals surface area contributed by atoms with Crippen LogP contribution in [0.3, 0.4) is 0 Å². The van der Waals surface area contributed by atoms with Crippen molar-refractivity contribution < 1.29 is 30.0 Å². The molecule has 2 atom stereocenters. The SMILES string of the molecule is CC(=O)NC(Cc1ccc(O)c(O)c1)C(O)C(=O)O. The van der Waals surface area contributed by atoms with Crippen LogP contribution in [-0.2, 0) is 16.0 Å². The molecule has 0 heterocycles. The summed E-state index contributed by atoms with van der Waals surface area (Å²) in [4.78, 5) is 21.7. The van der Waals surface area contributed by atoms with E-state index >= 15 is 0 Å². The van der Waals surface area contributed by atoms with Crippen molar-refractivity contribution >= 4 is 11.9 Å². The fourth-order valence-electron chi connectivity index (χ4n) is 1.62. The van der Waals surface area contributed by atoms with Crippen LogP contribution in [0.2, 0.25) is 0 Å². The average molecular weight is 269 g/mol. The number of amides is 1. The molecule has 0 saturated heterocycles. The topological polar surface area (TPSA) is 127 Å². The minimum absolute atomic E-state index is 0.000880. The highest BCUT2D eigenvalue weighted by Gasteiger charge is 2.26. The van der Waals surface area contributed by atoms with Gasteiger partial charge in [-0.3, -0.25) is 4.79 Å². The van der Waals surface area contributed by atoms with Crippen molar-refractivity contribution in [3.8, 4) is 11.5 Å². The molecule has 7 nitrogen and oxygen atoms in total. The van der Waals surface area contributed by atoms with Crippen LogP contribution < -0.4 is 5.32 Å². The predicted octanol–water partition coefficient (Wildman–Crippen LogP) is -0.410. The third-order valence-electron chi connectivity index (χ3n) is 2.52. The van der Waals surface area contributed by atoms with E-state index in [4.69, 9.17) is 10.2 Å². The minimum Gasteiger partial charge on any atom is -0.504 e. The molecule has 1 aromatic rings. The molecule has 7 heteroatoms. The van der Waals surface area contributed by atoms with Gasteiger partial charge >= 0.3 is 5.97 Å². The number of benzene rings is 1. The number of aliphatic hydroxyl groups is 1. The van der Waals surface area contributed by atoms with Crippen LogP contribution >= 0.6 is 0 Å². The quantitative estimate of drug-likeness (QED) is 0.462. The number of aromatic hydroxyl groups is 2. The van der Waals surface area contributed by atoms with Crippen LogP contribution in [-0.4, -0.2) is 44.4 Å². The lowest BCUT2D eigenvalue weighted by Crippen LogP contribution is -2.47. The maximum atomic E-state index is 11.0. The van der Waals surface area contributed by atoms with E-state index in [-0.39, 0.29) is 17.9 Å². The number of carboxylic acids is 1. The molecule has 0 radical (unpaired) electrons. The number of aliphatic hydroxyl groups excluding tert-OH is 1. The minimum atomic E-state index is -1.76. The lowest BCUT2D eigenvalue weighted by Gasteiger charge is -2.20. The van der Waals surface area contributed by atoms with Gasteiger partial charge in [0.05, 0.1) is 6.04 Å². The number of phenolic OH excluding ortho intramolecular Hbond substituents is 2. The van der Waals surface area contributed by atoms with Gasteiger partial charge in [0.1, 0.15) is 0 Å². The number of hydrogen-bond donors (Lipinski definition) is 5. The molecule has 19 heavy (non-hydrogen) atoms. The summed E-state index contributed by atoms with van der Waals surface area (Å²) in [5, 5.41) is 39.1. The summed E-state index contributed by atoms with van der Waals surface area (Å²) in [6.45, 7) is 1.20. The Labute approximate surface area is 109 Å². The molecule has 0 aromatic heterocycles. The summed E-state index contributed by atoms with van der Waals surface area (Å²) in [6.07, 6.45) is -1.76. The van der Waals surface area contributed by atoms with Gasteiger partial charge in [-0.05, 0) is 24.1 Å². The highest BCUT2D eigenvalue weighted by molar-refractivity contribution is 5.77. The molecule has 1 aromatic carbocycles. The Bertz CT molecular complexity index is 487. The summed E-state index contributed by atoms with van der Waals surface area (Å²) in [5.74, 6) is -2.60.